The zero-order valence-electron chi connectivity index (χ0n) is 13.7. The average Bonchev–Trinajstić information content (AvgIpc) is 3.21. The van der Waals surface area contributed by atoms with Crippen LogP contribution in [0.2, 0.25) is 0 Å². The van der Waals surface area contributed by atoms with Crippen LogP contribution in [0.5, 0.6) is 0 Å². The first-order valence-electron chi connectivity index (χ1n) is 8.03. The maximum Gasteiger partial charge on any atom is 0.425 e. The number of hydrogen-bond acceptors (Lipinski definition) is 4. The van der Waals surface area contributed by atoms with Crippen molar-refractivity contribution in [2.45, 2.75) is 31.7 Å². The Bertz CT molecular complexity index is 823. The van der Waals surface area contributed by atoms with Gasteiger partial charge < -0.3 is 10.2 Å². The van der Waals surface area contributed by atoms with Crippen LogP contribution in [-0.4, -0.2) is 23.4 Å². The van der Waals surface area contributed by atoms with Gasteiger partial charge in [0, 0.05) is 19.6 Å². The molecule has 4 nitrogen and oxygen atoms in total. The number of amides is 1. The molecule has 8 heteroatoms. The van der Waals surface area contributed by atoms with E-state index in [2.05, 4.69) is 5.32 Å². The van der Waals surface area contributed by atoms with Crippen LogP contribution >= 0.6 is 11.3 Å². The number of rotatable bonds is 5. The number of carbonyl (C=O) groups excluding carboxylic acids is 1. The molecule has 1 saturated heterocycles. The number of alkyl halides is 3. The molecule has 0 spiro atoms. The van der Waals surface area contributed by atoms with E-state index in [1.54, 1.807) is 29.2 Å². The summed E-state index contributed by atoms with van der Waals surface area (Å²) < 4.78 is 38.7. The Hall–Kier alpha value is -2.37. The molecular weight excluding hydrogens is 363 g/mol. The quantitative estimate of drug-likeness (QED) is 0.865. The third kappa shape index (κ3) is 4.06. The van der Waals surface area contributed by atoms with Gasteiger partial charge in [0.1, 0.15) is 4.88 Å². The van der Waals surface area contributed by atoms with Crippen molar-refractivity contribution in [3.8, 4) is 6.07 Å². The zero-order valence-corrected chi connectivity index (χ0v) is 14.5. The predicted molar refractivity (Wildman–Crippen MR) is 91.1 cm³/mol. The van der Waals surface area contributed by atoms with Crippen LogP contribution in [0.1, 0.15) is 28.0 Å². The Balaban J connectivity index is 1.57. The molecule has 0 bridgehead atoms. The molecule has 1 N–H and O–H groups in total. The first kappa shape index (κ1) is 18.4. The third-order valence-electron chi connectivity index (χ3n) is 4.30. The van der Waals surface area contributed by atoms with Crippen LogP contribution in [0.4, 0.5) is 13.2 Å². The van der Waals surface area contributed by atoms with E-state index in [1.807, 2.05) is 6.07 Å². The molecule has 1 fully saturated rings. The summed E-state index contributed by atoms with van der Waals surface area (Å²) in [4.78, 5) is 13.5. The lowest BCUT2D eigenvalue weighted by Gasteiger charge is -2.17. The largest absolute Gasteiger partial charge is 0.425 e. The summed E-state index contributed by atoms with van der Waals surface area (Å²) in [5.41, 5.74) is 1.63. The van der Waals surface area contributed by atoms with Crippen molar-refractivity contribution >= 4 is 17.2 Å². The molecule has 0 saturated carbocycles. The summed E-state index contributed by atoms with van der Waals surface area (Å²) in [6.45, 7) is 0.987. The number of thiophene rings is 1. The van der Waals surface area contributed by atoms with Crippen molar-refractivity contribution in [2.24, 2.45) is 0 Å². The van der Waals surface area contributed by atoms with E-state index in [0.29, 0.717) is 36.4 Å². The van der Waals surface area contributed by atoms with Gasteiger partial charge in [-0.25, -0.2) is 0 Å². The first-order chi connectivity index (χ1) is 12.4. The maximum absolute atomic E-state index is 12.9. The van der Waals surface area contributed by atoms with Gasteiger partial charge in [-0.2, -0.15) is 18.4 Å². The highest BCUT2D eigenvalue weighted by Gasteiger charge is 2.36. The molecular formula is C18H16F3N3OS. The summed E-state index contributed by atoms with van der Waals surface area (Å²) in [5, 5.41) is 13.2. The van der Waals surface area contributed by atoms with Gasteiger partial charge >= 0.3 is 6.18 Å². The van der Waals surface area contributed by atoms with E-state index in [4.69, 9.17) is 5.26 Å². The molecule has 2 heterocycles. The summed E-state index contributed by atoms with van der Waals surface area (Å²) in [5.74, 6) is -0.113. The van der Waals surface area contributed by atoms with Crippen LogP contribution in [0.25, 0.3) is 0 Å². The standard InChI is InChI=1S/C18H16F3N3OS/c19-18(20,21)16-14(6-8-26-16)10-23-15-5-7-24(17(15)25)11-13-3-1-12(9-22)2-4-13/h1-4,6,8,15,23H,5,7,10-11H2. The lowest BCUT2D eigenvalue weighted by molar-refractivity contribution is -0.134. The van der Waals surface area contributed by atoms with Crippen molar-refractivity contribution in [2.75, 3.05) is 6.54 Å². The molecule has 136 valence electrons. The molecule has 1 aromatic carbocycles. The van der Waals surface area contributed by atoms with E-state index in [-0.39, 0.29) is 18.0 Å². The molecule has 0 radical (unpaired) electrons. The fourth-order valence-corrected chi connectivity index (χ4v) is 3.74. The van der Waals surface area contributed by atoms with Gasteiger partial charge in [-0.1, -0.05) is 12.1 Å². The van der Waals surface area contributed by atoms with Gasteiger partial charge in [0.2, 0.25) is 5.91 Å². The second-order valence-electron chi connectivity index (χ2n) is 6.06. The second-order valence-corrected chi connectivity index (χ2v) is 6.98. The molecule has 1 amide bonds. The molecule has 2 aromatic rings. The minimum absolute atomic E-state index is 0.0133. The van der Waals surface area contributed by atoms with Crippen molar-refractivity contribution < 1.29 is 18.0 Å². The monoisotopic (exact) mass is 379 g/mol. The fourth-order valence-electron chi connectivity index (χ4n) is 2.95. The predicted octanol–water partition coefficient (Wildman–Crippen LogP) is 3.53. The number of benzene rings is 1. The van der Waals surface area contributed by atoms with Gasteiger partial charge in [0.25, 0.3) is 0 Å². The number of nitrogens with zero attached hydrogens (tertiary/aromatic N) is 2. The summed E-state index contributed by atoms with van der Waals surface area (Å²) in [7, 11) is 0. The molecule has 26 heavy (non-hydrogen) atoms. The SMILES string of the molecule is N#Cc1ccc(CN2CCC(NCc3ccsc3C(F)(F)F)C2=O)cc1. The lowest BCUT2D eigenvalue weighted by atomic mass is 10.1. The summed E-state index contributed by atoms with van der Waals surface area (Å²) >= 11 is 0.662. The van der Waals surface area contributed by atoms with Crippen molar-refractivity contribution in [3.63, 3.8) is 0 Å². The van der Waals surface area contributed by atoms with Gasteiger partial charge in [-0.3, -0.25) is 4.79 Å². The number of hydrogen-bond donors (Lipinski definition) is 1. The maximum atomic E-state index is 12.9. The van der Waals surface area contributed by atoms with E-state index in [0.717, 1.165) is 5.56 Å². The van der Waals surface area contributed by atoms with Crippen molar-refractivity contribution in [3.05, 3.63) is 57.3 Å². The highest BCUT2D eigenvalue weighted by Crippen LogP contribution is 2.36. The number of nitriles is 1. The smallest absolute Gasteiger partial charge is 0.337 e. The van der Waals surface area contributed by atoms with E-state index in [1.165, 1.54) is 11.4 Å². The topological polar surface area (TPSA) is 56.1 Å². The Morgan fingerprint density at radius 2 is 2.00 bits per heavy atom. The zero-order chi connectivity index (χ0) is 18.7. The Morgan fingerprint density at radius 3 is 2.65 bits per heavy atom. The third-order valence-corrected chi connectivity index (χ3v) is 5.30. The van der Waals surface area contributed by atoms with E-state index >= 15 is 0 Å². The number of carbonyl (C=O) groups is 1. The molecule has 1 aromatic heterocycles. The Labute approximate surface area is 152 Å². The minimum Gasteiger partial charge on any atom is -0.337 e. The van der Waals surface area contributed by atoms with Gasteiger partial charge in [-0.15, -0.1) is 11.3 Å². The highest BCUT2D eigenvalue weighted by molar-refractivity contribution is 7.10. The normalized spacial score (nSPS) is 17.5. The Morgan fingerprint density at radius 1 is 1.27 bits per heavy atom. The molecule has 1 unspecified atom stereocenters. The van der Waals surface area contributed by atoms with Gasteiger partial charge in [0.15, 0.2) is 0 Å². The van der Waals surface area contributed by atoms with Gasteiger partial charge in [-0.05, 0) is 41.1 Å². The molecule has 1 atom stereocenters. The molecule has 0 aliphatic carbocycles. The number of likely N-dealkylation sites (tertiary alicyclic amines) is 1. The van der Waals surface area contributed by atoms with Crippen LogP contribution in [-0.2, 0) is 24.1 Å². The average molecular weight is 379 g/mol. The van der Waals surface area contributed by atoms with E-state index in [9.17, 15) is 18.0 Å². The minimum atomic E-state index is -4.37. The summed E-state index contributed by atoms with van der Waals surface area (Å²) in [6, 6.07) is 9.99. The second kappa shape index (κ2) is 7.48. The van der Waals surface area contributed by atoms with Crippen LogP contribution in [0, 0.1) is 11.3 Å². The van der Waals surface area contributed by atoms with Crippen LogP contribution in [0.3, 0.4) is 0 Å². The summed E-state index contributed by atoms with van der Waals surface area (Å²) in [6.07, 6.45) is -3.81. The van der Waals surface area contributed by atoms with Crippen LogP contribution in [0.15, 0.2) is 35.7 Å². The van der Waals surface area contributed by atoms with E-state index < -0.39 is 17.1 Å². The van der Waals surface area contributed by atoms with Crippen molar-refractivity contribution in [1.82, 2.24) is 10.2 Å². The van der Waals surface area contributed by atoms with Gasteiger partial charge in [0.05, 0.1) is 17.7 Å². The highest BCUT2D eigenvalue weighted by atomic mass is 32.1. The first-order valence-corrected chi connectivity index (χ1v) is 8.91. The molecule has 1 aliphatic rings. The number of nitrogens with one attached hydrogen (secondary N) is 1. The van der Waals surface area contributed by atoms with Crippen molar-refractivity contribution in [1.29, 1.82) is 5.26 Å². The van der Waals surface area contributed by atoms with Crippen LogP contribution < -0.4 is 5.32 Å². The fraction of sp³-hybridized carbons (Fsp3) is 0.333. The molecule has 1 aliphatic heterocycles. The molecule has 3 rings (SSSR count). The number of halogens is 3. The Kier molecular flexibility index (Phi) is 5.30. The lowest BCUT2D eigenvalue weighted by Crippen LogP contribution is -2.37.